The van der Waals surface area contributed by atoms with Crippen LogP contribution in [0.25, 0.3) is 11.1 Å². The van der Waals surface area contributed by atoms with Gasteiger partial charge in [0.15, 0.2) is 6.29 Å². The van der Waals surface area contributed by atoms with Gasteiger partial charge in [-0.3, -0.25) is 4.79 Å². The minimum Gasteiger partial charge on any atom is -0.460 e. The second kappa shape index (κ2) is 12.8. The molecule has 3 atom stereocenters. The van der Waals surface area contributed by atoms with Crippen LogP contribution in [0.2, 0.25) is 0 Å². The topological polar surface area (TPSA) is 70.8 Å². The fourth-order valence-electron chi connectivity index (χ4n) is 4.64. The van der Waals surface area contributed by atoms with Crippen molar-refractivity contribution in [1.82, 2.24) is 0 Å². The van der Waals surface area contributed by atoms with Crippen molar-refractivity contribution in [2.24, 2.45) is 11.1 Å². The first-order chi connectivity index (χ1) is 17.5. The molecular weight excluding hydrogens is 450 g/mol. The fourth-order valence-corrected chi connectivity index (χ4v) is 4.64. The predicted octanol–water partition coefficient (Wildman–Crippen LogP) is 5.91. The Morgan fingerprint density at radius 1 is 0.944 bits per heavy atom. The van der Waals surface area contributed by atoms with Crippen LogP contribution >= 0.6 is 0 Å². The van der Waals surface area contributed by atoms with Crippen molar-refractivity contribution in [3.63, 3.8) is 0 Å². The van der Waals surface area contributed by atoms with Crippen LogP contribution in [0.4, 0.5) is 0 Å². The molecule has 0 aromatic heterocycles. The van der Waals surface area contributed by atoms with Gasteiger partial charge in [-0.25, -0.2) is 0 Å². The maximum Gasteiger partial charge on any atom is 0.314 e. The third-order valence-electron chi connectivity index (χ3n) is 6.70. The van der Waals surface area contributed by atoms with Crippen LogP contribution in [0.1, 0.15) is 43.7 Å². The summed E-state index contributed by atoms with van der Waals surface area (Å²) in [5.41, 5.74) is 10.2. The van der Waals surface area contributed by atoms with Crippen molar-refractivity contribution >= 4 is 5.97 Å². The third kappa shape index (κ3) is 7.50. The summed E-state index contributed by atoms with van der Waals surface area (Å²) in [5.74, 6) is -0.294. The molecule has 0 aliphatic carbocycles. The average Bonchev–Trinajstić information content (AvgIpc) is 2.92. The van der Waals surface area contributed by atoms with Gasteiger partial charge in [-0.2, -0.15) is 0 Å². The van der Waals surface area contributed by atoms with Crippen LogP contribution in [0.5, 0.6) is 0 Å². The molecule has 0 radical (unpaired) electrons. The molecule has 5 heteroatoms. The molecule has 1 aliphatic heterocycles. The minimum atomic E-state index is -0.876. The van der Waals surface area contributed by atoms with E-state index in [4.69, 9.17) is 19.9 Å². The molecule has 0 amide bonds. The molecule has 3 aromatic carbocycles. The van der Waals surface area contributed by atoms with Gasteiger partial charge in [-0.15, -0.1) is 0 Å². The van der Waals surface area contributed by atoms with Crippen LogP contribution in [-0.4, -0.2) is 31.5 Å². The van der Waals surface area contributed by atoms with E-state index in [1.54, 1.807) is 0 Å². The Morgan fingerprint density at radius 2 is 1.61 bits per heavy atom. The van der Waals surface area contributed by atoms with Gasteiger partial charge >= 0.3 is 5.97 Å². The first kappa shape index (κ1) is 26.1. The lowest BCUT2D eigenvalue weighted by Crippen LogP contribution is -2.42. The van der Waals surface area contributed by atoms with E-state index in [1.807, 2.05) is 55.5 Å². The molecule has 1 saturated heterocycles. The van der Waals surface area contributed by atoms with Crippen LogP contribution in [0.3, 0.4) is 0 Å². The predicted molar refractivity (Wildman–Crippen MR) is 142 cm³/mol. The normalized spacial score (nSPS) is 18.2. The highest BCUT2D eigenvalue weighted by Crippen LogP contribution is 2.29. The van der Waals surface area contributed by atoms with Crippen molar-refractivity contribution < 1.29 is 19.0 Å². The van der Waals surface area contributed by atoms with E-state index < -0.39 is 5.41 Å². The van der Waals surface area contributed by atoms with Crippen LogP contribution in [0.15, 0.2) is 84.9 Å². The molecule has 5 nitrogen and oxygen atoms in total. The van der Waals surface area contributed by atoms with Gasteiger partial charge in [0.2, 0.25) is 0 Å². The van der Waals surface area contributed by atoms with Crippen molar-refractivity contribution in [2.75, 3.05) is 13.2 Å². The smallest absolute Gasteiger partial charge is 0.314 e. The first-order valence-corrected chi connectivity index (χ1v) is 12.9. The largest absolute Gasteiger partial charge is 0.460 e. The molecule has 1 aliphatic rings. The van der Waals surface area contributed by atoms with Gasteiger partial charge in [0.1, 0.15) is 6.61 Å². The molecular formula is C31H37NO4. The monoisotopic (exact) mass is 487 g/mol. The zero-order valence-corrected chi connectivity index (χ0v) is 21.1. The van der Waals surface area contributed by atoms with Crippen LogP contribution in [0, 0.1) is 5.41 Å². The van der Waals surface area contributed by atoms with E-state index >= 15 is 0 Å². The molecule has 4 rings (SSSR count). The highest BCUT2D eigenvalue weighted by atomic mass is 16.7. The lowest BCUT2D eigenvalue weighted by atomic mass is 9.82. The summed E-state index contributed by atoms with van der Waals surface area (Å²) in [5, 5.41) is 0. The summed E-state index contributed by atoms with van der Waals surface area (Å²) >= 11 is 0. The van der Waals surface area contributed by atoms with Crippen LogP contribution < -0.4 is 5.73 Å². The van der Waals surface area contributed by atoms with Crippen molar-refractivity contribution in [3.05, 3.63) is 96.1 Å². The molecule has 0 bridgehead atoms. The summed E-state index contributed by atoms with van der Waals surface area (Å²) in [6.07, 6.45) is 3.80. The number of carbonyl (C=O) groups is 1. The summed E-state index contributed by atoms with van der Waals surface area (Å²) in [6.45, 7) is 3.02. The molecule has 1 fully saturated rings. The molecule has 36 heavy (non-hydrogen) atoms. The van der Waals surface area contributed by atoms with E-state index in [-0.39, 0.29) is 31.5 Å². The van der Waals surface area contributed by atoms with E-state index in [2.05, 4.69) is 36.4 Å². The average molecular weight is 488 g/mol. The highest BCUT2D eigenvalue weighted by Gasteiger charge is 2.38. The molecule has 0 spiro atoms. The van der Waals surface area contributed by atoms with Crippen molar-refractivity contribution in [1.29, 1.82) is 0 Å². The van der Waals surface area contributed by atoms with E-state index in [9.17, 15) is 4.79 Å². The minimum absolute atomic E-state index is 0.214. The SMILES string of the molecule is CC(COC1CCCCO1)(C[C@H](N)Cc1ccc(-c2ccccc2)cc1)C(=O)OCc1ccccc1. The standard InChI is InChI=1S/C31H37NO4/c1-31(23-36-29-14-8-9-19-34-29,30(33)35-22-25-10-4-2-5-11-25)21-28(32)20-24-15-17-27(18-16-24)26-12-6-3-7-13-26/h2-7,10-13,15-18,28-29H,8-9,14,19-23,32H2,1H3/t28-,29?,31?/m1/s1. The zero-order chi connectivity index (χ0) is 25.2. The number of rotatable bonds is 11. The Balaban J connectivity index is 1.39. The molecule has 2 unspecified atom stereocenters. The zero-order valence-electron chi connectivity index (χ0n) is 21.1. The maximum atomic E-state index is 13.3. The number of hydrogen-bond donors (Lipinski definition) is 1. The quantitative estimate of drug-likeness (QED) is 0.341. The van der Waals surface area contributed by atoms with Gasteiger partial charge < -0.3 is 19.9 Å². The molecule has 190 valence electrons. The molecule has 1 heterocycles. The number of carbonyl (C=O) groups excluding carboxylic acids is 1. The second-order valence-corrected chi connectivity index (χ2v) is 9.96. The third-order valence-corrected chi connectivity index (χ3v) is 6.70. The first-order valence-electron chi connectivity index (χ1n) is 12.9. The second-order valence-electron chi connectivity index (χ2n) is 9.96. The fraction of sp³-hybridized carbons (Fsp3) is 0.387. The number of esters is 1. The number of benzene rings is 3. The summed E-state index contributed by atoms with van der Waals surface area (Å²) in [4.78, 5) is 13.3. The Kier molecular flexibility index (Phi) is 9.29. The Labute approximate surface area is 214 Å². The maximum absolute atomic E-state index is 13.3. The van der Waals surface area contributed by atoms with Crippen molar-refractivity contribution in [3.8, 4) is 11.1 Å². The van der Waals surface area contributed by atoms with Gasteiger partial charge in [0.05, 0.1) is 12.0 Å². The van der Waals surface area contributed by atoms with E-state index in [0.29, 0.717) is 19.4 Å². The summed E-state index contributed by atoms with van der Waals surface area (Å²) < 4.78 is 17.5. The van der Waals surface area contributed by atoms with Gasteiger partial charge in [-0.1, -0.05) is 84.9 Å². The van der Waals surface area contributed by atoms with Gasteiger partial charge in [0, 0.05) is 12.6 Å². The van der Waals surface area contributed by atoms with Gasteiger partial charge in [-0.05, 0) is 61.3 Å². The van der Waals surface area contributed by atoms with E-state index in [0.717, 1.165) is 30.4 Å². The number of nitrogens with two attached hydrogens (primary N) is 1. The van der Waals surface area contributed by atoms with Gasteiger partial charge in [0.25, 0.3) is 0 Å². The molecule has 0 saturated carbocycles. The van der Waals surface area contributed by atoms with Crippen LogP contribution in [-0.2, 0) is 32.0 Å². The Morgan fingerprint density at radius 3 is 2.28 bits per heavy atom. The lowest BCUT2D eigenvalue weighted by molar-refractivity contribution is -0.190. The molecule has 3 aromatic rings. The number of ether oxygens (including phenoxy) is 3. The summed E-state index contributed by atoms with van der Waals surface area (Å²) in [6, 6.07) is 28.2. The van der Waals surface area contributed by atoms with E-state index in [1.165, 1.54) is 11.1 Å². The number of hydrogen-bond acceptors (Lipinski definition) is 5. The Bertz CT molecular complexity index is 1060. The van der Waals surface area contributed by atoms with Crippen molar-refractivity contribution in [2.45, 2.75) is 58.0 Å². The highest BCUT2D eigenvalue weighted by molar-refractivity contribution is 5.76. The summed E-state index contributed by atoms with van der Waals surface area (Å²) in [7, 11) is 0. The Hall–Kier alpha value is -2.99. The lowest BCUT2D eigenvalue weighted by Gasteiger charge is -2.32. The molecule has 2 N–H and O–H groups in total.